The van der Waals surface area contributed by atoms with Crippen LogP contribution in [0.4, 0.5) is 13.2 Å². The highest BCUT2D eigenvalue weighted by atomic mass is 19.4. The van der Waals surface area contributed by atoms with E-state index in [0.717, 1.165) is 5.39 Å². The number of likely N-dealkylation sites (tertiary alicyclic amines) is 1. The number of halogens is 3. The van der Waals surface area contributed by atoms with Crippen LogP contribution in [0.5, 0.6) is 5.75 Å². The lowest BCUT2D eigenvalue weighted by atomic mass is 10.1. The second kappa shape index (κ2) is 10.5. The normalized spacial score (nSPS) is 18.5. The number of aliphatic hydroxyl groups is 1. The Morgan fingerprint density at radius 1 is 1.11 bits per heavy atom. The minimum atomic E-state index is -4.45. The quantitative estimate of drug-likeness (QED) is 0.351. The van der Waals surface area contributed by atoms with Crippen molar-refractivity contribution in [3.8, 4) is 17.3 Å². The van der Waals surface area contributed by atoms with Gasteiger partial charge in [-0.2, -0.15) is 13.2 Å². The maximum absolute atomic E-state index is 14.4. The Bertz CT molecular complexity index is 1420. The van der Waals surface area contributed by atoms with Crippen LogP contribution >= 0.6 is 0 Å². The standard InChI is InChI=1S/C27H31F3N6O2/c1-16(2)31-20-11-12-35(14-20)25(27(28,29)30)19-8-10-23-33-34-26(36(23)13-19)21-9-7-18-5-4-6-22(24(18)32-21)38-17(3)15-37/h4-10,13,16-17,20,25,31,37H,11-12,14-15H2,1-3H3/t17-,20+,25-/m1/s1. The van der Waals surface area contributed by atoms with E-state index in [-0.39, 0.29) is 24.3 Å². The zero-order valence-corrected chi connectivity index (χ0v) is 21.5. The van der Waals surface area contributed by atoms with Crippen LogP contribution in [0, 0.1) is 0 Å². The fourth-order valence-electron chi connectivity index (χ4n) is 5.07. The summed E-state index contributed by atoms with van der Waals surface area (Å²) >= 11 is 0. The van der Waals surface area contributed by atoms with Crippen LogP contribution in [0.3, 0.4) is 0 Å². The van der Waals surface area contributed by atoms with E-state index in [4.69, 9.17) is 9.72 Å². The number of fused-ring (bicyclic) bond motifs is 2. The summed E-state index contributed by atoms with van der Waals surface area (Å²) in [6.45, 7) is 6.25. The molecule has 0 unspecified atom stereocenters. The van der Waals surface area contributed by atoms with Crippen molar-refractivity contribution in [3.63, 3.8) is 0 Å². The zero-order chi connectivity index (χ0) is 27.0. The van der Waals surface area contributed by atoms with Gasteiger partial charge in [0.1, 0.15) is 29.1 Å². The zero-order valence-electron chi connectivity index (χ0n) is 21.5. The van der Waals surface area contributed by atoms with Gasteiger partial charge in [-0.3, -0.25) is 9.30 Å². The fraction of sp³-hybridized carbons (Fsp3) is 0.444. The highest BCUT2D eigenvalue weighted by molar-refractivity contribution is 5.86. The van der Waals surface area contributed by atoms with Crippen LogP contribution in [0.25, 0.3) is 28.1 Å². The number of pyridine rings is 2. The number of aliphatic hydroxyl groups excluding tert-OH is 1. The van der Waals surface area contributed by atoms with Crippen molar-refractivity contribution < 1.29 is 23.0 Å². The Morgan fingerprint density at radius 2 is 1.92 bits per heavy atom. The number of benzene rings is 1. The molecule has 202 valence electrons. The first-order valence-corrected chi connectivity index (χ1v) is 12.7. The first-order valence-electron chi connectivity index (χ1n) is 12.7. The number of nitrogens with zero attached hydrogens (tertiary/aromatic N) is 5. The number of alkyl halides is 3. The number of hydrogen-bond acceptors (Lipinski definition) is 7. The van der Waals surface area contributed by atoms with Gasteiger partial charge in [0.25, 0.3) is 0 Å². The molecule has 2 N–H and O–H groups in total. The molecule has 0 aliphatic carbocycles. The molecule has 3 aromatic heterocycles. The molecule has 0 radical (unpaired) electrons. The molecule has 1 aromatic carbocycles. The molecule has 1 aliphatic heterocycles. The first kappa shape index (κ1) is 26.3. The van der Waals surface area contributed by atoms with Crippen molar-refractivity contribution in [2.45, 2.75) is 57.6 Å². The number of para-hydroxylation sites is 1. The third-order valence-electron chi connectivity index (χ3n) is 6.70. The lowest BCUT2D eigenvalue weighted by molar-refractivity contribution is -0.184. The van der Waals surface area contributed by atoms with Gasteiger partial charge in [-0.05, 0) is 37.1 Å². The second-order valence-electron chi connectivity index (χ2n) is 10.1. The van der Waals surface area contributed by atoms with E-state index in [1.807, 2.05) is 32.0 Å². The molecule has 0 spiro atoms. The molecule has 11 heteroatoms. The maximum atomic E-state index is 14.4. The highest BCUT2D eigenvalue weighted by Crippen LogP contribution is 2.40. The Labute approximate surface area is 218 Å². The first-order chi connectivity index (χ1) is 18.1. The second-order valence-corrected chi connectivity index (χ2v) is 10.1. The molecule has 4 heterocycles. The molecule has 1 fully saturated rings. The van der Waals surface area contributed by atoms with Crippen molar-refractivity contribution in [2.24, 2.45) is 0 Å². The molecule has 5 rings (SSSR count). The van der Waals surface area contributed by atoms with Crippen LogP contribution < -0.4 is 10.1 Å². The Kier molecular flexibility index (Phi) is 7.26. The third-order valence-corrected chi connectivity index (χ3v) is 6.70. The van der Waals surface area contributed by atoms with Crippen LogP contribution in [0.2, 0.25) is 0 Å². The summed E-state index contributed by atoms with van der Waals surface area (Å²) in [5.41, 5.74) is 1.55. The van der Waals surface area contributed by atoms with Crippen LogP contribution in [-0.2, 0) is 0 Å². The molecule has 38 heavy (non-hydrogen) atoms. The summed E-state index contributed by atoms with van der Waals surface area (Å²) in [5.74, 6) is 0.826. The lowest BCUT2D eigenvalue weighted by Gasteiger charge is -2.30. The molecule has 0 bridgehead atoms. The maximum Gasteiger partial charge on any atom is 0.408 e. The van der Waals surface area contributed by atoms with Gasteiger partial charge in [-0.15, -0.1) is 10.2 Å². The summed E-state index contributed by atoms with van der Waals surface area (Å²) in [6, 6.07) is 10.6. The molecule has 0 saturated carbocycles. The van der Waals surface area contributed by atoms with Crippen LogP contribution in [0.15, 0.2) is 48.7 Å². The van der Waals surface area contributed by atoms with E-state index in [0.29, 0.717) is 47.9 Å². The van der Waals surface area contributed by atoms with Crippen molar-refractivity contribution in [1.29, 1.82) is 0 Å². The average Bonchev–Trinajstić information content (AvgIpc) is 3.49. The van der Waals surface area contributed by atoms with Gasteiger partial charge < -0.3 is 15.2 Å². The molecule has 8 nitrogen and oxygen atoms in total. The SMILES string of the molecule is CC(C)N[C@H]1CCN([C@H](c2ccc3nnc(-c4ccc5cccc(O[C@H](C)CO)c5n4)n3c2)C(F)(F)F)C1. The van der Waals surface area contributed by atoms with Crippen LogP contribution in [-0.4, -0.2) is 73.6 Å². The third kappa shape index (κ3) is 5.31. The van der Waals surface area contributed by atoms with Crippen molar-refractivity contribution in [3.05, 3.63) is 54.2 Å². The summed E-state index contributed by atoms with van der Waals surface area (Å²) in [4.78, 5) is 6.21. The van der Waals surface area contributed by atoms with Gasteiger partial charge in [-0.1, -0.05) is 38.1 Å². The van der Waals surface area contributed by atoms with E-state index < -0.39 is 18.3 Å². The Morgan fingerprint density at radius 3 is 2.66 bits per heavy atom. The summed E-state index contributed by atoms with van der Waals surface area (Å²) in [5, 5.41) is 22.0. The molecule has 1 aliphatic rings. The average molecular weight is 529 g/mol. The highest BCUT2D eigenvalue weighted by Gasteiger charge is 2.47. The molecule has 4 aromatic rings. The van der Waals surface area contributed by atoms with Crippen molar-refractivity contribution in [1.82, 2.24) is 29.8 Å². The Hall–Kier alpha value is -3.28. The topological polar surface area (TPSA) is 87.8 Å². The molecular weight excluding hydrogens is 497 g/mol. The summed E-state index contributed by atoms with van der Waals surface area (Å²) in [6.07, 6.45) is -2.76. The van der Waals surface area contributed by atoms with Crippen molar-refractivity contribution >= 4 is 16.6 Å². The van der Waals surface area contributed by atoms with Gasteiger partial charge in [0.05, 0.1) is 6.61 Å². The van der Waals surface area contributed by atoms with E-state index in [1.54, 1.807) is 29.5 Å². The fourth-order valence-corrected chi connectivity index (χ4v) is 5.07. The van der Waals surface area contributed by atoms with Crippen LogP contribution in [0.1, 0.15) is 38.8 Å². The Balaban J connectivity index is 1.53. The molecule has 1 saturated heterocycles. The van der Waals surface area contributed by atoms with Gasteiger partial charge in [0, 0.05) is 36.8 Å². The van der Waals surface area contributed by atoms with Gasteiger partial charge in [0.15, 0.2) is 11.5 Å². The number of ether oxygens (including phenoxy) is 1. The number of aromatic nitrogens is 4. The number of hydrogen-bond donors (Lipinski definition) is 2. The predicted molar refractivity (Wildman–Crippen MR) is 138 cm³/mol. The number of nitrogens with one attached hydrogen (secondary N) is 1. The van der Waals surface area contributed by atoms with E-state index >= 15 is 0 Å². The lowest BCUT2D eigenvalue weighted by Crippen LogP contribution is -2.41. The smallest absolute Gasteiger partial charge is 0.408 e. The summed E-state index contributed by atoms with van der Waals surface area (Å²) < 4.78 is 50.6. The monoisotopic (exact) mass is 528 g/mol. The van der Waals surface area contributed by atoms with Gasteiger partial charge in [-0.25, -0.2) is 4.98 Å². The van der Waals surface area contributed by atoms with Gasteiger partial charge in [0.2, 0.25) is 0 Å². The van der Waals surface area contributed by atoms with E-state index in [2.05, 4.69) is 15.5 Å². The van der Waals surface area contributed by atoms with E-state index in [1.165, 1.54) is 17.2 Å². The number of rotatable bonds is 8. The minimum Gasteiger partial charge on any atom is -0.486 e. The molecule has 3 atom stereocenters. The van der Waals surface area contributed by atoms with Crippen molar-refractivity contribution in [2.75, 3.05) is 19.7 Å². The van der Waals surface area contributed by atoms with Gasteiger partial charge >= 0.3 is 6.18 Å². The minimum absolute atomic E-state index is 0.0146. The molecular formula is C27H31F3N6O2. The predicted octanol–water partition coefficient (Wildman–Crippen LogP) is 4.38. The summed E-state index contributed by atoms with van der Waals surface area (Å²) in [7, 11) is 0. The molecule has 0 amide bonds. The van der Waals surface area contributed by atoms with E-state index in [9.17, 15) is 18.3 Å². The largest absolute Gasteiger partial charge is 0.486 e.